The summed E-state index contributed by atoms with van der Waals surface area (Å²) in [5, 5.41) is 19.9. The van der Waals surface area contributed by atoms with Gasteiger partial charge in [-0.2, -0.15) is 5.26 Å². The Morgan fingerprint density at radius 1 is 1.32 bits per heavy atom. The highest BCUT2D eigenvalue weighted by Crippen LogP contribution is 2.43. The highest BCUT2D eigenvalue weighted by molar-refractivity contribution is 5.42. The summed E-state index contributed by atoms with van der Waals surface area (Å²) < 4.78 is 5.96. The topological polar surface area (TPSA) is 66.1 Å². The van der Waals surface area contributed by atoms with Gasteiger partial charge in [0, 0.05) is 12.3 Å². The Bertz CT molecular complexity index is 720. The molecule has 1 heterocycles. The van der Waals surface area contributed by atoms with Crippen molar-refractivity contribution in [2.45, 2.75) is 32.5 Å². The minimum absolute atomic E-state index is 0.305. The monoisotopic (exact) mass is 294 g/mol. The van der Waals surface area contributed by atoms with Gasteiger partial charge in [0.1, 0.15) is 6.10 Å². The van der Waals surface area contributed by atoms with E-state index in [0.29, 0.717) is 11.4 Å². The molecule has 1 aromatic heterocycles. The molecule has 1 aliphatic carbocycles. The van der Waals surface area contributed by atoms with Crippen molar-refractivity contribution in [3.05, 3.63) is 59.3 Å². The number of pyridine rings is 1. The quantitative estimate of drug-likeness (QED) is 0.924. The first-order chi connectivity index (χ1) is 10.5. The molecule has 0 spiro atoms. The van der Waals surface area contributed by atoms with Gasteiger partial charge in [0.05, 0.1) is 11.6 Å². The summed E-state index contributed by atoms with van der Waals surface area (Å²) in [5.74, 6) is 0.470. The van der Waals surface area contributed by atoms with Gasteiger partial charge in [0.25, 0.3) is 0 Å². The average molecular weight is 294 g/mol. The fourth-order valence-corrected chi connectivity index (χ4v) is 2.94. The maximum absolute atomic E-state index is 10.7. The fourth-order valence-electron chi connectivity index (χ4n) is 2.94. The molecule has 0 amide bonds. The molecule has 0 saturated heterocycles. The molecule has 2 aromatic rings. The van der Waals surface area contributed by atoms with E-state index in [1.165, 1.54) is 0 Å². The molecule has 0 fully saturated rings. The second kappa shape index (κ2) is 5.43. The molecule has 112 valence electrons. The summed E-state index contributed by atoms with van der Waals surface area (Å²) in [7, 11) is 0. The fraction of sp³-hybridized carbons (Fsp3) is 0.333. The molecule has 4 heteroatoms. The molecule has 0 radical (unpaired) electrons. The van der Waals surface area contributed by atoms with Crippen molar-refractivity contribution in [1.29, 1.82) is 5.26 Å². The number of aromatic nitrogens is 1. The Balaban J connectivity index is 2.05. The molecule has 2 unspecified atom stereocenters. The van der Waals surface area contributed by atoms with E-state index >= 15 is 0 Å². The zero-order valence-corrected chi connectivity index (χ0v) is 12.7. The number of hydrogen-bond acceptors (Lipinski definition) is 4. The zero-order chi connectivity index (χ0) is 15.7. The molecule has 3 rings (SSSR count). The zero-order valence-electron chi connectivity index (χ0n) is 12.7. The van der Waals surface area contributed by atoms with Crippen molar-refractivity contribution in [3.63, 3.8) is 0 Å². The number of aliphatic hydroxyl groups excluding tert-OH is 1. The van der Waals surface area contributed by atoms with Crippen molar-refractivity contribution < 1.29 is 9.84 Å². The standard InChI is InChI=1S/C18H18N2O2/c1-18(2)10-13-7-6-12(11-19)9-14(13)16(17(18)21)22-15-5-3-4-8-20-15/h3-9,16-17,21H,10H2,1-2H3. The predicted octanol–water partition coefficient (Wildman–Crippen LogP) is 3.02. The number of nitriles is 1. The maximum atomic E-state index is 10.7. The van der Waals surface area contributed by atoms with Gasteiger partial charge < -0.3 is 9.84 Å². The Morgan fingerprint density at radius 2 is 2.14 bits per heavy atom. The van der Waals surface area contributed by atoms with Crippen molar-refractivity contribution in [2.75, 3.05) is 0 Å². The number of rotatable bonds is 2. The molecule has 4 nitrogen and oxygen atoms in total. The number of fused-ring (bicyclic) bond motifs is 1. The first kappa shape index (κ1) is 14.6. The average Bonchev–Trinajstić information content (AvgIpc) is 2.52. The lowest BCUT2D eigenvalue weighted by molar-refractivity contribution is -0.0521. The number of hydrogen-bond donors (Lipinski definition) is 1. The highest BCUT2D eigenvalue weighted by atomic mass is 16.5. The number of benzene rings is 1. The Kier molecular flexibility index (Phi) is 3.59. The largest absolute Gasteiger partial charge is 0.467 e. The third kappa shape index (κ3) is 2.56. The van der Waals surface area contributed by atoms with Crippen LogP contribution in [0.4, 0.5) is 0 Å². The van der Waals surface area contributed by atoms with Gasteiger partial charge in [-0.3, -0.25) is 0 Å². The minimum Gasteiger partial charge on any atom is -0.467 e. The van der Waals surface area contributed by atoms with Crippen LogP contribution in [0.25, 0.3) is 0 Å². The van der Waals surface area contributed by atoms with Crippen LogP contribution in [-0.2, 0) is 6.42 Å². The van der Waals surface area contributed by atoms with E-state index in [9.17, 15) is 5.11 Å². The summed E-state index contributed by atoms with van der Waals surface area (Å²) in [4.78, 5) is 4.17. The van der Waals surface area contributed by atoms with Gasteiger partial charge in [0.2, 0.25) is 5.88 Å². The van der Waals surface area contributed by atoms with Crippen molar-refractivity contribution in [1.82, 2.24) is 4.98 Å². The molecule has 22 heavy (non-hydrogen) atoms. The second-order valence-electron chi connectivity index (χ2n) is 6.34. The van der Waals surface area contributed by atoms with E-state index in [4.69, 9.17) is 10.00 Å². The summed E-state index contributed by atoms with van der Waals surface area (Å²) in [6, 6.07) is 13.1. The van der Waals surface area contributed by atoms with E-state index < -0.39 is 12.2 Å². The lowest BCUT2D eigenvalue weighted by atomic mass is 9.70. The van der Waals surface area contributed by atoms with Crippen LogP contribution in [-0.4, -0.2) is 16.2 Å². The number of aliphatic hydroxyl groups is 1. The molecule has 1 aromatic carbocycles. The Morgan fingerprint density at radius 3 is 2.82 bits per heavy atom. The summed E-state index contributed by atoms with van der Waals surface area (Å²) in [6.45, 7) is 4.04. The van der Waals surface area contributed by atoms with E-state index in [1.807, 2.05) is 38.1 Å². The number of ether oxygens (including phenoxy) is 1. The van der Waals surface area contributed by atoms with E-state index in [1.54, 1.807) is 18.3 Å². The van der Waals surface area contributed by atoms with Crippen LogP contribution < -0.4 is 4.74 Å². The third-order valence-electron chi connectivity index (χ3n) is 4.20. The van der Waals surface area contributed by atoms with Gasteiger partial charge in [-0.05, 0) is 41.2 Å². The van der Waals surface area contributed by atoms with Crippen molar-refractivity contribution in [3.8, 4) is 11.9 Å². The first-order valence-corrected chi connectivity index (χ1v) is 7.30. The smallest absolute Gasteiger partial charge is 0.213 e. The number of nitrogens with zero attached hydrogens (tertiary/aromatic N) is 2. The molecule has 0 aliphatic heterocycles. The molecule has 1 N–H and O–H groups in total. The van der Waals surface area contributed by atoms with Gasteiger partial charge in [-0.25, -0.2) is 4.98 Å². The van der Waals surface area contributed by atoms with Crippen LogP contribution in [0.15, 0.2) is 42.6 Å². The first-order valence-electron chi connectivity index (χ1n) is 7.30. The molecule has 1 aliphatic rings. The lowest BCUT2D eigenvalue weighted by Gasteiger charge is -2.41. The van der Waals surface area contributed by atoms with Crippen LogP contribution in [0.1, 0.15) is 36.6 Å². The van der Waals surface area contributed by atoms with E-state index in [-0.39, 0.29) is 5.41 Å². The SMILES string of the molecule is CC1(C)Cc2ccc(C#N)cc2C(Oc2ccccn2)C1O. The molecular weight excluding hydrogens is 276 g/mol. The van der Waals surface area contributed by atoms with E-state index in [2.05, 4.69) is 11.1 Å². The third-order valence-corrected chi connectivity index (χ3v) is 4.20. The van der Waals surface area contributed by atoms with Crippen LogP contribution >= 0.6 is 0 Å². The molecule has 0 bridgehead atoms. The van der Waals surface area contributed by atoms with Crippen LogP contribution in [0.3, 0.4) is 0 Å². The van der Waals surface area contributed by atoms with Gasteiger partial charge >= 0.3 is 0 Å². The highest BCUT2D eigenvalue weighted by Gasteiger charge is 2.42. The van der Waals surface area contributed by atoms with Gasteiger partial charge in [-0.1, -0.05) is 26.0 Å². The lowest BCUT2D eigenvalue weighted by Crippen LogP contribution is -2.43. The predicted molar refractivity (Wildman–Crippen MR) is 82.3 cm³/mol. The van der Waals surface area contributed by atoms with Crippen molar-refractivity contribution in [2.24, 2.45) is 5.41 Å². The normalized spacial score (nSPS) is 22.5. The summed E-state index contributed by atoms with van der Waals surface area (Å²) in [5.41, 5.74) is 2.24. The second-order valence-corrected chi connectivity index (χ2v) is 6.34. The Hall–Kier alpha value is -2.38. The van der Waals surface area contributed by atoms with E-state index in [0.717, 1.165) is 17.5 Å². The summed E-state index contributed by atoms with van der Waals surface area (Å²) in [6.07, 6.45) is 1.21. The summed E-state index contributed by atoms with van der Waals surface area (Å²) >= 11 is 0. The van der Waals surface area contributed by atoms with Crippen LogP contribution in [0, 0.1) is 16.7 Å². The maximum Gasteiger partial charge on any atom is 0.213 e. The Labute approximate surface area is 130 Å². The molecular formula is C18H18N2O2. The minimum atomic E-state index is -0.670. The van der Waals surface area contributed by atoms with Crippen LogP contribution in [0.2, 0.25) is 0 Å². The van der Waals surface area contributed by atoms with Gasteiger partial charge in [0.15, 0.2) is 6.10 Å². The van der Waals surface area contributed by atoms with Crippen LogP contribution in [0.5, 0.6) is 5.88 Å². The molecule has 2 atom stereocenters. The van der Waals surface area contributed by atoms with Gasteiger partial charge in [-0.15, -0.1) is 0 Å². The molecule has 0 saturated carbocycles. The van der Waals surface area contributed by atoms with Crippen molar-refractivity contribution >= 4 is 0 Å².